The summed E-state index contributed by atoms with van der Waals surface area (Å²) in [4.78, 5) is 10.9. The molecule has 0 radical (unpaired) electrons. The third kappa shape index (κ3) is 5.22. The van der Waals surface area contributed by atoms with Crippen LogP contribution in [0.15, 0.2) is 206 Å². The van der Waals surface area contributed by atoms with Crippen LogP contribution in [0.3, 0.4) is 0 Å². The summed E-state index contributed by atoms with van der Waals surface area (Å²) in [6.45, 7) is 4.70. The molecular formula is C59H40N4. The molecule has 0 atom stereocenters. The average molecular weight is 805 g/mol. The van der Waals surface area contributed by atoms with Crippen molar-refractivity contribution in [3.05, 3.63) is 217 Å². The van der Waals surface area contributed by atoms with E-state index in [0.717, 1.165) is 60.8 Å². The maximum Gasteiger partial charge on any atom is 0.235 e. The predicted octanol–water partition coefficient (Wildman–Crippen LogP) is 15.1. The van der Waals surface area contributed by atoms with Gasteiger partial charge in [0.05, 0.1) is 33.3 Å². The first-order valence-corrected chi connectivity index (χ1v) is 21.8. The van der Waals surface area contributed by atoms with E-state index in [1.54, 1.807) is 0 Å². The van der Waals surface area contributed by atoms with E-state index in [2.05, 4.69) is 229 Å². The number of nitrogens with zero attached hydrogens (tertiary/aromatic N) is 4. The number of para-hydroxylation sites is 4. The minimum absolute atomic E-state index is 0.0807. The van der Waals surface area contributed by atoms with E-state index in [0.29, 0.717) is 5.95 Å². The lowest BCUT2D eigenvalue weighted by atomic mass is 9.82. The van der Waals surface area contributed by atoms with Gasteiger partial charge in [0.15, 0.2) is 0 Å². The van der Waals surface area contributed by atoms with Gasteiger partial charge in [0.1, 0.15) is 0 Å². The van der Waals surface area contributed by atoms with Crippen LogP contribution in [-0.2, 0) is 5.41 Å². The lowest BCUT2D eigenvalue weighted by Crippen LogP contribution is -2.14. The van der Waals surface area contributed by atoms with Gasteiger partial charge >= 0.3 is 0 Å². The van der Waals surface area contributed by atoms with Crippen molar-refractivity contribution in [2.24, 2.45) is 0 Å². The van der Waals surface area contributed by atoms with E-state index in [-0.39, 0.29) is 5.41 Å². The first-order chi connectivity index (χ1) is 31.0. The predicted molar refractivity (Wildman–Crippen MR) is 262 cm³/mol. The van der Waals surface area contributed by atoms with Crippen LogP contribution in [0.2, 0.25) is 0 Å². The van der Waals surface area contributed by atoms with Crippen molar-refractivity contribution in [3.8, 4) is 56.3 Å². The highest BCUT2D eigenvalue weighted by Crippen LogP contribution is 2.52. The zero-order valence-corrected chi connectivity index (χ0v) is 34.9. The van der Waals surface area contributed by atoms with E-state index in [1.165, 1.54) is 55.2 Å². The van der Waals surface area contributed by atoms with Crippen molar-refractivity contribution in [1.29, 1.82) is 0 Å². The van der Waals surface area contributed by atoms with Gasteiger partial charge in [0.2, 0.25) is 5.95 Å². The Morgan fingerprint density at radius 2 is 0.952 bits per heavy atom. The second-order valence-corrected chi connectivity index (χ2v) is 17.3. The average Bonchev–Trinajstić information content (AvgIpc) is 3.94. The summed E-state index contributed by atoms with van der Waals surface area (Å²) >= 11 is 0. The molecule has 3 aromatic heterocycles. The molecule has 1 aliphatic carbocycles. The fourth-order valence-electron chi connectivity index (χ4n) is 10.7. The molecule has 0 unspecified atom stereocenters. The molecule has 9 aromatic carbocycles. The van der Waals surface area contributed by atoms with Gasteiger partial charge < -0.3 is 4.57 Å². The van der Waals surface area contributed by atoms with Crippen molar-refractivity contribution in [3.63, 3.8) is 0 Å². The fourth-order valence-corrected chi connectivity index (χ4v) is 10.7. The largest absolute Gasteiger partial charge is 0.309 e. The molecule has 0 saturated carbocycles. The van der Waals surface area contributed by atoms with Crippen molar-refractivity contribution in [2.45, 2.75) is 19.3 Å². The van der Waals surface area contributed by atoms with Gasteiger partial charge in [-0.05, 0) is 81.4 Å². The molecule has 4 heteroatoms. The maximum absolute atomic E-state index is 5.49. The summed E-state index contributed by atoms with van der Waals surface area (Å²) in [5.41, 5.74) is 18.5. The summed E-state index contributed by atoms with van der Waals surface area (Å²) in [5, 5.41) is 5.79. The first-order valence-electron chi connectivity index (χ1n) is 21.8. The molecule has 0 aliphatic heterocycles. The van der Waals surface area contributed by atoms with Crippen molar-refractivity contribution < 1.29 is 0 Å². The third-order valence-electron chi connectivity index (χ3n) is 13.5. The van der Waals surface area contributed by atoms with Gasteiger partial charge in [-0.25, -0.2) is 9.97 Å². The molecule has 0 amide bonds. The second-order valence-electron chi connectivity index (χ2n) is 17.3. The number of fused-ring (bicyclic) bond motifs is 10. The Hall–Kier alpha value is -8.08. The zero-order chi connectivity index (χ0) is 41.8. The molecule has 296 valence electrons. The molecule has 13 rings (SSSR count). The highest BCUT2D eigenvalue weighted by atomic mass is 15.2. The molecule has 3 heterocycles. The van der Waals surface area contributed by atoms with Gasteiger partial charge in [-0.15, -0.1) is 0 Å². The number of hydrogen-bond acceptors (Lipinski definition) is 2. The van der Waals surface area contributed by atoms with E-state index in [9.17, 15) is 0 Å². The fraction of sp³-hybridized carbons (Fsp3) is 0.0508. The van der Waals surface area contributed by atoms with Crippen molar-refractivity contribution in [2.75, 3.05) is 0 Å². The molecule has 0 fully saturated rings. The van der Waals surface area contributed by atoms with Crippen molar-refractivity contribution >= 4 is 54.5 Å². The van der Waals surface area contributed by atoms with Crippen LogP contribution in [0.5, 0.6) is 0 Å². The topological polar surface area (TPSA) is 35.6 Å². The first kappa shape index (κ1) is 35.7. The molecule has 63 heavy (non-hydrogen) atoms. The molecule has 0 bridgehead atoms. The van der Waals surface area contributed by atoms with E-state index in [4.69, 9.17) is 9.97 Å². The summed E-state index contributed by atoms with van der Waals surface area (Å²) in [6, 6.07) is 74.7. The van der Waals surface area contributed by atoms with Crippen LogP contribution in [0.1, 0.15) is 25.0 Å². The van der Waals surface area contributed by atoms with Crippen LogP contribution in [0.4, 0.5) is 0 Å². The SMILES string of the molecule is CC1(C)c2ccccc2-c2c(-c3cccc(-c4cccc5c6cc(-n7c8ccccc8c8ccccc87)ccc6n(-c6nc(-c7ccccc7)c7ccccc7n6)c45)c3)cccc21. The molecule has 0 spiro atoms. The third-order valence-corrected chi connectivity index (χ3v) is 13.5. The van der Waals surface area contributed by atoms with Gasteiger partial charge in [0, 0.05) is 49.2 Å². The second kappa shape index (κ2) is 13.5. The Balaban J connectivity index is 1.09. The number of benzene rings is 9. The molecule has 0 N–H and O–H groups in total. The summed E-state index contributed by atoms with van der Waals surface area (Å²) in [5.74, 6) is 0.639. The van der Waals surface area contributed by atoms with Gasteiger partial charge in [-0.2, -0.15) is 0 Å². The maximum atomic E-state index is 5.49. The summed E-state index contributed by atoms with van der Waals surface area (Å²) in [7, 11) is 0. The smallest absolute Gasteiger partial charge is 0.235 e. The van der Waals surface area contributed by atoms with Crippen LogP contribution < -0.4 is 0 Å². The Morgan fingerprint density at radius 1 is 0.381 bits per heavy atom. The van der Waals surface area contributed by atoms with Gasteiger partial charge in [-0.1, -0.05) is 178 Å². The minimum atomic E-state index is -0.0807. The standard InChI is InChI=1S/C59H40N4/c1-59(2)49-28-10-6-23-46(49)55-41(25-16-29-50(55)59)38-19-14-20-39(35-38)42-26-15-27-45-48-36-40(62-52-31-12-8-21-43(52)44-22-9-13-32-53(44)62)33-34-54(48)63(57(42)45)58-60-51-30-11-7-24-47(51)56(61-58)37-17-4-3-5-18-37/h3-36H,1-2H3. The molecular weight excluding hydrogens is 765 g/mol. The summed E-state index contributed by atoms with van der Waals surface area (Å²) < 4.78 is 4.71. The van der Waals surface area contributed by atoms with Crippen LogP contribution >= 0.6 is 0 Å². The monoisotopic (exact) mass is 804 g/mol. The highest BCUT2D eigenvalue weighted by Gasteiger charge is 2.36. The Bertz CT molecular complexity index is 3780. The van der Waals surface area contributed by atoms with Crippen molar-refractivity contribution in [1.82, 2.24) is 19.1 Å². The molecule has 0 saturated heterocycles. The number of rotatable bonds is 5. The lowest BCUT2D eigenvalue weighted by molar-refractivity contribution is 0.660. The number of hydrogen-bond donors (Lipinski definition) is 0. The Kier molecular flexibility index (Phi) is 7.62. The van der Waals surface area contributed by atoms with Crippen LogP contribution in [-0.4, -0.2) is 19.1 Å². The normalized spacial score (nSPS) is 13.0. The highest BCUT2D eigenvalue weighted by molar-refractivity contribution is 6.15. The Labute approximate surface area is 365 Å². The van der Waals surface area contributed by atoms with E-state index >= 15 is 0 Å². The van der Waals surface area contributed by atoms with E-state index in [1.807, 2.05) is 0 Å². The molecule has 1 aliphatic rings. The zero-order valence-electron chi connectivity index (χ0n) is 34.9. The van der Waals surface area contributed by atoms with Gasteiger partial charge in [-0.3, -0.25) is 4.57 Å². The molecule has 4 nitrogen and oxygen atoms in total. The van der Waals surface area contributed by atoms with E-state index < -0.39 is 0 Å². The summed E-state index contributed by atoms with van der Waals surface area (Å²) in [6.07, 6.45) is 0. The molecule has 12 aromatic rings. The Morgan fingerprint density at radius 3 is 1.76 bits per heavy atom. The van der Waals surface area contributed by atoms with Gasteiger partial charge in [0.25, 0.3) is 0 Å². The minimum Gasteiger partial charge on any atom is -0.309 e. The number of aromatic nitrogens is 4. The van der Waals surface area contributed by atoms with Crippen LogP contribution in [0.25, 0.3) is 111 Å². The quantitative estimate of drug-likeness (QED) is 0.174. The lowest BCUT2D eigenvalue weighted by Gasteiger charge is -2.21. The van der Waals surface area contributed by atoms with Crippen LogP contribution in [0, 0.1) is 0 Å².